The lowest BCUT2D eigenvalue weighted by Crippen LogP contribution is -2.50. The molecule has 4 rings (SSSR count). The Kier molecular flexibility index (Phi) is 2.79. The van der Waals surface area contributed by atoms with Crippen LogP contribution in [-0.4, -0.2) is 5.54 Å². The highest BCUT2D eigenvalue weighted by Crippen LogP contribution is 2.62. The number of nitrogens with two attached hydrogens (primary N) is 1. The monoisotopic (exact) mass is 269 g/mol. The van der Waals surface area contributed by atoms with Crippen LogP contribution in [0.25, 0.3) is 0 Å². The van der Waals surface area contributed by atoms with Gasteiger partial charge in [-0.25, -0.2) is 0 Å². The van der Waals surface area contributed by atoms with E-state index in [-0.39, 0.29) is 5.54 Å². The minimum absolute atomic E-state index is 0.0951. The maximum Gasteiger partial charge on any atom is 0.0229 e. The fourth-order valence-corrected chi connectivity index (χ4v) is 5.81. The van der Waals surface area contributed by atoms with Crippen LogP contribution in [0.15, 0.2) is 18.2 Å². The van der Waals surface area contributed by atoms with Gasteiger partial charge in [0.05, 0.1) is 0 Å². The Hall–Kier alpha value is -0.820. The van der Waals surface area contributed by atoms with Crippen molar-refractivity contribution in [3.63, 3.8) is 0 Å². The van der Waals surface area contributed by atoms with Crippen LogP contribution >= 0.6 is 0 Å². The zero-order valence-electron chi connectivity index (χ0n) is 12.9. The Labute approximate surface area is 122 Å². The molecular formula is C19H27N. The molecule has 5 atom stereocenters. The first kappa shape index (κ1) is 12.9. The van der Waals surface area contributed by atoms with E-state index in [1.54, 1.807) is 0 Å². The van der Waals surface area contributed by atoms with E-state index in [1.165, 1.54) is 48.8 Å². The Morgan fingerprint density at radius 3 is 2.75 bits per heavy atom. The van der Waals surface area contributed by atoms with Gasteiger partial charge in [-0.15, -0.1) is 0 Å². The van der Waals surface area contributed by atoms with Crippen LogP contribution < -0.4 is 5.73 Å². The second-order valence-electron chi connectivity index (χ2n) is 7.89. The van der Waals surface area contributed by atoms with Gasteiger partial charge in [-0.1, -0.05) is 24.6 Å². The average molecular weight is 269 g/mol. The van der Waals surface area contributed by atoms with Gasteiger partial charge in [-0.05, 0) is 86.3 Å². The lowest BCUT2D eigenvalue weighted by Gasteiger charge is -2.40. The Morgan fingerprint density at radius 2 is 1.95 bits per heavy atom. The summed E-state index contributed by atoms with van der Waals surface area (Å²) in [5.74, 6) is 3.76. The smallest absolute Gasteiger partial charge is 0.0229 e. The third-order valence-corrected chi connectivity index (χ3v) is 6.79. The van der Waals surface area contributed by atoms with Gasteiger partial charge in [0.15, 0.2) is 0 Å². The summed E-state index contributed by atoms with van der Waals surface area (Å²) < 4.78 is 0. The molecule has 0 aliphatic heterocycles. The van der Waals surface area contributed by atoms with E-state index in [1.807, 2.05) is 0 Å². The highest BCUT2D eigenvalue weighted by molar-refractivity contribution is 5.32. The van der Waals surface area contributed by atoms with Crippen molar-refractivity contribution < 1.29 is 0 Å². The van der Waals surface area contributed by atoms with Crippen LogP contribution in [0.4, 0.5) is 0 Å². The second kappa shape index (κ2) is 4.34. The van der Waals surface area contributed by atoms with E-state index < -0.39 is 0 Å². The summed E-state index contributed by atoms with van der Waals surface area (Å²) in [6.45, 7) is 4.41. The summed E-state index contributed by atoms with van der Waals surface area (Å²) >= 11 is 0. The van der Waals surface area contributed by atoms with E-state index in [9.17, 15) is 0 Å². The van der Waals surface area contributed by atoms with Gasteiger partial charge in [0.1, 0.15) is 0 Å². The fraction of sp³-hybridized carbons (Fsp3) is 0.684. The molecule has 1 aromatic rings. The van der Waals surface area contributed by atoms with Crippen molar-refractivity contribution >= 4 is 0 Å². The van der Waals surface area contributed by atoms with Crippen molar-refractivity contribution in [1.82, 2.24) is 0 Å². The van der Waals surface area contributed by atoms with Crippen molar-refractivity contribution in [1.29, 1.82) is 0 Å². The number of hydrogen-bond acceptors (Lipinski definition) is 1. The molecule has 0 amide bonds. The van der Waals surface area contributed by atoms with E-state index in [0.29, 0.717) is 0 Å². The highest BCUT2D eigenvalue weighted by atomic mass is 14.8. The third-order valence-electron chi connectivity index (χ3n) is 6.79. The first-order chi connectivity index (χ1) is 9.57. The molecule has 1 heteroatoms. The van der Waals surface area contributed by atoms with Crippen LogP contribution in [0, 0.1) is 37.5 Å². The number of aryl methyl sites for hydroxylation is 2. The summed E-state index contributed by atoms with van der Waals surface area (Å²) in [7, 11) is 0. The topological polar surface area (TPSA) is 26.0 Å². The van der Waals surface area contributed by atoms with Gasteiger partial charge in [0.2, 0.25) is 0 Å². The predicted molar refractivity (Wildman–Crippen MR) is 83.6 cm³/mol. The van der Waals surface area contributed by atoms with Gasteiger partial charge in [-0.3, -0.25) is 0 Å². The van der Waals surface area contributed by atoms with Gasteiger partial charge >= 0.3 is 0 Å². The summed E-state index contributed by atoms with van der Waals surface area (Å²) in [5.41, 5.74) is 11.3. The summed E-state index contributed by atoms with van der Waals surface area (Å²) in [4.78, 5) is 0. The molecule has 20 heavy (non-hydrogen) atoms. The van der Waals surface area contributed by atoms with E-state index in [2.05, 4.69) is 32.0 Å². The summed E-state index contributed by atoms with van der Waals surface area (Å²) in [5, 5.41) is 0. The maximum atomic E-state index is 6.92. The molecule has 0 heterocycles. The molecule has 0 aromatic heterocycles. The van der Waals surface area contributed by atoms with Crippen LogP contribution in [0.5, 0.6) is 0 Å². The number of benzene rings is 1. The molecule has 1 nitrogen and oxygen atoms in total. The van der Waals surface area contributed by atoms with Gasteiger partial charge < -0.3 is 5.73 Å². The number of fused-ring (bicyclic) bond motifs is 5. The van der Waals surface area contributed by atoms with Crippen molar-refractivity contribution in [2.45, 2.75) is 57.9 Å². The molecule has 3 aliphatic rings. The highest BCUT2D eigenvalue weighted by Gasteiger charge is 2.58. The molecule has 2 bridgehead atoms. The predicted octanol–water partition coefficient (Wildman–Crippen LogP) is 4.00. The average Bonchev–Trinajstić information content (AvgIpc) is 3.04. The van der Waals surface area contributed by atoms with E-state index in [0.717, 1.165) is 30.1 Å². The number of rotatable bonds is 2. The van der Waals surface area contributed by atoms with Crippen molar-refractivity contribution in [3.8, 4) is 0 Å². The molecule has 3 fully saturated rings. The third kappa shape index (κ3) is 1.79. The fourth-order valence-electron chi connectivity index (χ4n) is 5.81. The number of hydrogen-bond donors (Lipinski definition) is 1. The quantitative estimate of drug-likeness (QED) is 0.863. The van der Waals surface area contributed by atoms with Crippen LogP contribution in [-0.2, 0) is 6.42 Å². The SMILES string of the molecule is Cc1ccc(CC2(N)CC3CC2C2CCCC32)cc1C. The Bertz CT molecular complexity index is 535. The van der Waals surface area contributed by atoms with Crippen molar-refractivity contribution in [2.75, 3.05) is 0 Å². The molecular weight excluding hydrogens is 242 g/mol. The molecule has 5 unspecified atom stereocenters. The van der Waals surface area contributed by atoms with Crippen LogP contribution in [0.2, 0.25) is 0 Å². The van der Waals surface area contributed by atoms with Crippen molar-refractivity contribution in [3.05, 3.63) is 34.9 Å². The van der Waals surface area contributed by atoms with Gasteiger partial charge in [0.25, 0.3) is 0 Å². The Balaban J connectivity index is 1.58. The van der Waals surface area contributed by atoms with Gasteiger partial charge in [0, 0.05) is 5.54 Å². The molecule has 3 aliphatic carbocycles. The molecule has 0 saturated heterocycles. The van der Waals surface area contributed by atoms with Crippen molar-refractivity contribution in [2.24, 2.45) is 29.4 Å². The molecule has 0 spiro atoms. The lowest BCUT2D eigenvalue weighted by atomic mass is 9.69. The Morgan fingerprint density at radius 1 is 1.15 bits per heavy atom. The zero-order chi connectivity index (χ0) is 13.9. The van der Waals surface area contributed by atoms with E-state index >= 15 is 0 Å². The summed E-state index contributed by atoms with van der Waals surface area (Å²) in [6, 6.07) is 6.93. The lowest BCUT2D eigenvalue weighted by molar-refractivity contribution is 0.156. The standard InChI is InChI=1S/C19H27N/c1-12-6-7-14(8-13(12)2)10-19(20)11-15-9-18(19)17-5-3-4-16(15)17/h6-8,15-18H,3-5,9-11,20H2,1-2H3. The summed E-state index contributed by atoms with van der Waals surface area (Å²) in [6.07, 6.45) is 8.21. The zero-order valence-corrected chi connectivity index (χ0v) is 12.9. The minimum atomic E-state index is 0.0951. The first-order valence-electron chi connectivity index (χ1n) is 8.42. The van der Waals surface area contributed by atoms with Gasteiger partial charge in [-0.2, -0.15) is 0 Å². The van der Waals surface area contributed by atoms with Crippen LogP contribution in [0.3, 0.4) is 0 Å². The minimum Gasteiger partial charge on any atom is -0.325 e. The molecule has 3 saturated carbocycles. The molecule has 108 valence electrons. The second-order valence-corrected chi connectivity index (χ2v) is 7.89. The van der Waals surface area contributed by atoms with E-state index in [4.69, 9.17) is 5.73 Å². The largest absolute Gasteiger partial charge is 0.325 e. The molecule has 0 radical (unpaired) electrons. The maximum absolute atomic E-state index is 6.92. The first-order valence-corrected chi connectivity index (χ1v) is 8.42. The van der Waals surface area contributed by atoms with Crippen LogP contribution in [0.1, 0.15) is 48.8 Å². The normalized spacial score (nSPS) is 42.1. The molecule has 2 N–H and O–H groups in total. The molecule has 1 aromatic carbocycles.